The smallest absolute Gasteiger partial charge is 0.543 e. The Morgan fingerprint density at radius 3 is 2.71 bits per heavy atom. The van der Waals surface area contributed by atoms with E-state index in [2.05, 4.69) is 0 Å². The summed E-state index contributed by atoms with van der Waals surface area (Å²) in [6, 6.07) is 0. The molecule has 0 bridgehead atoms. The number of β-lactam (4-membered cyclic amide) rings is 1. The number of carboxylic acid groups (broad SMARTS) is 1. The van der Waals surface area contributed by atoms with Gasteiger partial charge in [-0.05, 0) is 19.8 Å². The van der Waals surface area contributed by atoms with Crippen molar-refractivity contribution in [2.24, 2.45) is 5.92 Å². The first kappa shape index (κ1) is 19.0. The van der Waals surface area contributed by atoms with Crippen LogP contribution in [0.3, 0.4) is 0 Å². The Morgan fingerprint density at radius 1 is 1.57 bits per heavy atom. The van der Waals surface area contributed by atoms with Gasteiger partial charge in [0.25, 0.3) is 0 Å². The fraction of sp³-hybridized carbons (Fsp3) is 0.667. The van der Waals surface area contributed by atoms with Gasteiger partial charge in [0.1, 0.15) is 5.37 Å². The Morgan fingerprint density at radius 2 is 2.24 bits per heavy atom. The number of carbonyl (C=O) groups is 2. The molecule has 0 aromatic carbocycles. The molecule has 1 amide bonds. The van der Waals surface area contributed by atoms with E-state index in [1.165, 1.54) is 16.7 Å². The fourth-order valence-corrected chi connectivity index (χ4v) is 4.51. The van der Waals surface area contributed by atoms with Crippen LogP contribution in [0.25, 0.3) is 0 Å². The van der Waals surface area contributed by atoms with E-state index in [4.69, 9.17) is 4.74 Å². The number of fused-ring (bicyclic) bond motifs is 1. The van der Waals surface area contributed by atoms with Gasteiger partial charge in [-0.2, -0.15) is 0 Å². The van der Waals surface area contributed by atoms with Crippen molar-refractivity contribution in [3.8, 4) is 0 Å². The Bertz CT molecular complexity index is 476. The van der Waals surface area contributed by atoms with Crippen LogP contribution in [0.2, 0.25) is 0 Å². The maximum atomic E-state index is 11.9. The average Bonchev–Trinajstić information content (AvgIpc) is 2.92. The quantitative estimate of drug-likeness (QED) is 0.411. The van der Waals surface area contributed by atoms with Crippen molar-refractivity contribution >= 4 is 23.6 Å². The molecule has 1 unspecified atom stereocenters. The van der Waals surface area contributed by atoms with Crippen LogP contribution >= 0.6 is 11.8 Å². The first-order valence-corrected chi connectivity index (χ1v) is 7.15. The van der Waals surface area contributed by atoms with Gasteiger partial charge in [0.2, 0.25) is 5.91 Å². The van der Waals surface area contributed by atoms with Gasteiger partial charge in [-0.15, -0.1) is 0 Å². The molecule has 3 N–H and O–H groups in total. The van der Waals surface area contributed by atoms with Gasteiger partial charge >= 0.3 is 29.6 Å². The van der Waals surface area contributed by atoms with Gasteiger partial charge in [-0.3, -0.25) is 9.69 Å². The summed E-state index contributed by atoms with van der Waals surface area (Å²) < 4.78 is 5.50. The number of aliphatic carboxylic acids is 1. The molecule has 0 saturated carbocycles. The second kappa shape index (κ2) is 6.99. The van der Waals surface area contributed by atoms with Crippen LogP contribution in [0.15, 0.2) is 10.6 Å². The van der Waals surface area contributed by atoms with Crippen LogP contribution in [-0.4, -0.2) is 51.5 Å². The second-order valence-electron chi connectivity index (χ2n) is 4.99. The summed E-state index contributed by atoms with van der Waals surface area (Å²) in [7, 11) is 0. The molecule has 3 aliphatic heterocycles. The summed E-state index contributed by atoms with van der Waals surface area (Å²) in [6.07, 6.45) is 0.597. The standard InChI is InChI=1S/C12H15NO5S.Na.H2O/c1-5(14)7-10(15)13-8(12(16)17)9(19-11(7)13)6-3-2-4-18-6;;/h5-7,11,14H,2-4H2,1H3,(H,16,17);;1H2/q;+1;/p-1/t5-,6?,7+,11-;;/m1../s1. The van der Waals surface area contributed by atoms with Crippen LogP contribution in [-0.2, 0) is 14.3 Å². The number of aliphatic hydroxyl groups excluding tert-OH is 1. The number of rotatable bonds is 3. The average molecular weight is 325 g/mol. The zero-order chi connectivity index (χ0) is 13.7. The molecular formula is C12H16NNaO6S. The van der Waals surface area contributed by atoms with E-state index < -0.39 is 18.0 Å². The number of thioether (sulfide) groups is 1. The molecule has 2 saturated heterocycles. The van der Waals surface area contributed by atoms with Crippen LogP contribution in [0.5, 0.6) is 0 Å². The molecule has 0 radical (unpaired) electrons. The van der Waals surface area contributed by atoms with Crippen molar-refractivity contribution in [2.45, 2.75) is 37.3 Å². The first-order valence-electron chi connectivity index (χ1n) is 6.27. The van der Waals surface area contributed by atoms with E-state index in [1.807, 2.05) is 0 Å². The number of ether oxygens (including phenoxy) is 1. The van der Waals surface area contributed by atoms with Gasteiger partial charge in [0.15, 0.2) is 0 Å². The topological polar surface area (TPSA) is 121 Å². The summed E-state index contributed by atoms with van der Waals surface area (Å²) in [4.78, 5) is 25.0. The third-order valence-electron chi connectivity index (χ3n) is 3.74. The Kier molecular flexibility index (Phi) is 6.31. The largest absolute Gasteiger partial charge is 1.00 e. The van der Waals surface area contributed by atoms with Crippen molar-refractivity contribution in [1.29, 1.82) is 0 Å². The number of aliphatic hydroxyl groups is 1. The van der Waals surface area contributed by atoms with E-state index in [1.54, 1.807) is 6.92 Å². The Balaban J connectivity index is 0.00000110. The van der Waals surface area contributed by atoms with E-state index in [0.29, 0.717) is 11.5 Å². The normalized spacial score (nSPS) is 32.0. The summed E-state index contributed by atoms with van der Waals surface area (Å²) in [5.74, 6) is -2.24. The summed E-state index contributed by atoms with van der Waals surface area (Å²) in [6.45, 7) is 2.15. The van der Waals surface area contributed by atoms with Crippen LogP contribution in [0.4, 0.5) is 0 Å². The minimum Gasteiger partial charge on any atom is -0.543 e. The molecule has 112 valence electrons. The van der Waals surface area contributed by atoms with Gasteiger partial charge in [0.05, 0.1) is 29.8 Å². The third-order valence-corrected chi connectivity index (χ3v) is 5.20. The SMILES string of the molecule is C[C@@H](O)[C@H]1C(=O)N2C(C(=O)[O-])=C(C3CCCO3)S[C@H]12.O.[Na+]. The molecule has 7 nitrogen and oxygen atoms in total. The van der Waals surface area contributed by atoms with Gasteiger partial charge < -0.3 is 25.2 Å². The number of hydrogen-bond acceptors (Lipinski definition) is 6. The third kappa shape index (κ3) is 2.90. The molecule has 0 aromatic heterocycles. The van der Waals surface area contributed by atoms with Crippen molar-refractivity contribution in [3.63, 3.8) is 0 Å². The van der Waals surface area contributed by atoms with Gasteiger partial charge in [-0.25, -0.2) is 0 Å². The van der Waals surface area contributed by atoms with Crippen molar-refractivity contribution < 1.29 is 59.6 Å². The number of nitrogens with zero attached hydrogens (tertiary/aromatic N) is 1. The monoisotopic (exact) mass is 325 g/mol. The minimum atomic E-state index is -1.35. The zero-order valence-electron chi connectivity index (χ0n) is 11.9. The summed E-state index contributed by atoms with van der Waals surface area (Å²) >= 11 is 1.31. The van der Waals surface area contributed by atoms with Gasteiger partial charge in [0, 0.05) is 11.5 Å². The molecule has 3 rings (SSSR count). The minimum absolute atomic E-state index is 0. The van der Waals surface area contributed by atoms with Crippen molar-refractivity contribution in [2.75, 3.05) is 6.61 Å². The van der Waals surface area contributed by atoms with E-state index in [-0.39, 0.29) is 58.1 Å². The van der Waals surface area contributed by atoms with E-state index >= 15 is 0 Å². The van der Waals surface area contributed by atoms with Crippen molar-refractivity contribution in [1.82, 2.24) is 4.90 Å². The summed E-state index contributed by atoms with van der Waals surface area (Å²) in [5, 5.41) is 20.5. The molecule has 3 aliphatic rings. The Hall–Kier alpha value is -0.0900. The Labute approximate surface area is 148 Å². The zero-order valence-corrected chi connectivity index (χ0v) is 14.7. The molecule has 0 aliphatic carbocycles. The molecule has 0 spiro atoms. The van der Waals surface area contributed by atoms with Crippen LogP contribution in [0.1, 0.15) is 19.8 Å². The molecule has 4 atom stereocenters. The molecule has 21 heavy (non-hydrogen) atoms. The molecule has 0 aromatic rings. The number of amides is 1. The predicted molar refractivity (Wildman–Crippen MR) is 68.0 cm³/mol. The van der Waals surface area contributed by atoms with Crippen LogP contribution in [0, 0.1) is 5.92 Å². The number of carbonyl (C=O) groups excluding carboxylic acids is 2. The maximum Gasteiger partial charge on any atom is 1.00 e. The molecule has 9 heteroatoms. The first-order chi connectivity index (χ1) is 9.02. The number of hydrogen-bond donors (Lipinski definition) is 1. The van der Waals surface area contributed by atoms with Crippen molar-refractivity contribution in [3.05, 3.63) is 10.6 Å². The van der Waals surface area contributed by atoms with E-state index in [0.717, 1.165) is 12.8 Å². The predicted octanol–water partition coefficient (Wildman–Crippen LogP) is -4.78. The molecule has 3 heterocycles. The van der Waals surface area contributed by atoms with Crippen LogP contribution < -0.4 is 34.7 Å². The van der Waals surface area contributed by atoms with Gasteiger partial charge in [-0.1, -0.05) is 11.8 Å². The second-order valence-corrected chi connectivity index (χ2v) is 6.14. The number of carboxylic acids is 1. The fourth-order valence-electron chi connectivity index (χ4n) is 2.81. The maximum absolute atomic E-state index is 11.9. The van der Waals surface area contributed by atoms with E-state index in [9.17, 15) is 19.8 Å². The summed E-state index contributed by atoms with van der Waals surface area (Å²) in [5.41, 5.74) is -0.0659. The molecule has 2 fully saturated rings. The molecular weight excluding hydrogens is 309 g/mol.